The minimum absolute atomic E-state index is 0.0284. The number of aliphatic hydroxyl groups is 1. The molecule has 2 rings (SSSR count). The molecule has 2 aromatic rings. The van der Waals surface area contributed by atoms with Gasteiger partial charge in [0.05, 0.1) is 6.10 Å². The maximum absolute atomic E-state index is 11.9. The van der Waals surface area contributed by atoms with Crippen LogP contribution in [-0.2, 0) is 11.2 Å². The summed E-state index contributed by atoms with van der Waals surface area (Å²) in [6.07, 6.45) is 0.602. The van der Waals surface area contributed by atoms with E-state index in [0.717, 1.165) is 12.0 Å². The second-order valence-electron chi connectivity index (χ2n) is 4.44. The molecular weight excluding hydrogens is 258 g/mol. The van der Waals surface area contributed by atoms with Gasteiger partial charge < -0.3 is 10.4 Å². The number of hydrogen-bond donors (Lipinski definition) is 2. The maximum Gasteiger partial charge on any atom is 0.224 e. The number of rotatable bonds is 5. The summed E-state index contributed by atoms with van der Waals surface area (Å²) in [5, 5.41) is 16.6. The highest BCUT2D eigenvalue weighted by Gasteiger charge is 2.10. The van der Waals surface area contributed by atoms with Gasteiger partial charge in [-0.25, -0.2) is 0 Å². The lowest BCUT2D eigenvalue weighted by atomic mass is 10.1. The molecule has 0 spiro atoms. The van der Waals surface area contributed by atoms with E-state index < -0.39 is 6.10 Å². The van der Waals surface area contributed by atoms with Gasteiger partial charge in [0.25, 0.3) is 0 Å². The average Bonchev–Trinajstić information content (AvgIpc) is 2.90. The molecule has 19 heavy (non-hydrogen) atoms. The Kier molecular flexibility index (Phi) is 4.71. The molecule has 0 aliphatic heterocycles. The lowest BCUT2D eigenvalue weighted by Crippen LogP contribution is -2.14. The minimum atomic E-state index is -0.589. The Morgan fingerprint density at radius 2 is 2.16 bits per heavy atom. The van der Waals surface area contributed by atoms with E-state index in [2.05, 4.69) is 10.7 Å². The molecule has 0 fully saturated rings. The Morgan fingerprint density at radius 3 is 2.84 bits per heavy atom. The van der Waals surface area contributed by atoms with Crippen LogP contribution in [0.3, 0.4) is 0 Å². The van der Waals surface area contributed by atoms with Crippen LogP contribution in [0.2, 0.25) is 0 Å². The molecule has 100 valence electrons. The number of carbonyl (C=O) groups excluding carboxylic acids is 1. The first-order chi connectivity index (χ1) is 9.16. The Hall–Kier alpha value is -1.65. The first kappa shape index (κ1) is 13.8. The van der Waals surface area contributed by atoms with E-state index in [1.54, 1.807) is 18.3 Å². The lowest BCUT2D eigenvalue weighted by molar-refractivity contribution is -0.116. The maximum atomic E-state index is 11.9. The Balaban J connectivity index is 1.95. The SMILES string of the molecule is C[C@@H](O)c1ccccc1NC(=O)CCc1ccsc1. The summed E-state index contributed by atoms with van der Waals surface area (Å²) in [6, 6.07) is 9.36. The van der Waals surface area contributed by atoms with Gasteiger partial charge in [0.15, 0.2) is 0 Å². The molecule has 2 N–H and O–H groups in total. The lowest BCUT2D eigenvalue weighted by Gasteiger charge is -2.12. The quantitative estimate of drug-likeness (QED) is 0.879. The summed E-state index contributed by atoms with van der Waals surface area (Å²) in [5.74, 6) is -0.0284. The van der Waals surface area contributed by atoms with E-state index in [4.69, 9.17) is 0 Å². The van der Waals surface area contributed by atoms with Crippen LogP contribution in [0.25, 0.3) is 0 Å². The molecule has 3 nitrogen and oxygen atoms in total. The first-order valence-corrected chi connectivity index (χ1v) is 7.19. The van der Waals surface area contributed by atoms with Gasteiger partial charge in [0.2, 0.25) is 5.91 Å². The number of nitrogens with one attached hydrogen (secondary N) is 1. The topological polar surface area (TPSA) is 49.3 Å². The number of benzene rings is 1. The zero-order valence-electron chi connectivity index (χ0n) is 10.8. The van der Waals surface area contributed by atoms with Gasteiger partial charge >= 0.3 is 0 Å². The number of thiophene rings is 1. The van der Waals surface area contributed by atoms with Crippen molar-refractivity contribution in [2.24, 2.45) is 0 Å². The van der Waals surface area contributed by atoms with E-state index in [9.17, 15) is 9.90 Å². The van der Waals surface area contributed by atoms with Crippen molar-refractivity contribution >= 4 is 22.9 Å². The van der Waals surface area contributed by atoms with Crippen molar-refractivity contribution < 1.29 is 9.90 Å². The van der Waals surface area contributed by atoms with Gasteiger partial charge in [-0.05, 0) is 41.8 Å². The largest absolute Gasteiger partial charge is 0.389 e. The molecule has 0 aliphatic rings. The number of hydrogen-bond acceptors (Lipinski definition) is 3. The van der Waals surface area contributed by atoms with Crippen molar-refractivity contribution in [1.29, 1.82) is 0 Å². The molecule has 1 aromatic heterocycles. The van der Waals surface area contributed by atoms with Crippen molar-refractivity contribution in [3.63, 3.8) is 0 Å². The number of carbonyl (C=O) groups is 1. The van der Waals surface area contributed by atoms with Crippen LogP contribution in [0.15, 0.2) is 41.1 Å². The van der Waals surface area contributed by atoms with E-state index in [-0.39, 0.29) is 5.91 Å². The summed E-state index contributed by atoms with van der Waals surface area (Å²) in [7, 11) is 0. The monoisotopic (exact) mass is 275 g/mol. The fourth-order valence-electron chi connectivity index (χ4n) is 1.88. The molecule has 0 unspecified atom stereocenters. The average molecular weight is 275 g/mol. The summed E-state index contributed by atoms with van der Waals surface area (Å²) in [6.45, 7) is 1.69. The smallest absolute Gasteiger partial charge is 0.224 e. The van der Waals surface area contributed by atoms with E-state index in [1.807, 2.05) is 35.7 Å². The fourth-order valence-corrected chi connectivity index (χ4v) is 2.58. The first-order valence-electron chi connectivity index (χ1n) is 6.24. The van der Waals surface area contributed by atoms with Gasteiger partial charge in [-0.15, -0.1) is 0 Å². The summed E-state index contributed by atoms with van der Waals surface area (Å²) in [4.78, 5) is 11.9. The van der Waals surface area contributed by atoms with Gasteiger partial charge in [-0.1, -0.05) is 18.2 Å². The predicted octanol–water partition coefficient (Wildman–Crippen LogP) is 3.37. The fraction of sp³-hybridized carbons (Fsp3) is 0.267. The summed E-state index contributed by atoms with van der Waals surface area (Å²) < 4.78 is 0. The van der Waals surface area contributed by atoms with Crippen LogP contribution >= 0.6 is 11.3 Å². The third-order valence-corrected chi connectivity index (χ3v) is 3.64. The van der Waals surface area contributed by atoms with Crippen LogP contribution in [-0.4, -0.2) is 11.0 Å². The molecule has 1 atom stereocenters. The molecule has 0 saturated heterocycles. The summed E-state index contributed by atoms with van der Waals surface area (Å²) in [5.41, 5.74) is 2.61. The van der Waals surface area contributed by atoms with E-state index >= 15 is 0 Å². The third-order valence-electron chi connectivity index (χ3n) is 2.91. The molecular formula is C15H17NO2S. The van der Waals surface area contributed by atoms with Gasteiger partial charge in [0, 0.05) is 17.7 Å². The molecule has 1 aromatic carbocycles. The normalized spacial score (nSPS) is 12.1. The number of para-hydroxylation sites is 1. The van der Waals surface area contributed by atoms with Crippen molar-refractivity contribution in [1.82, 2.24) is 0 Å². The standard InChI is InChI=1S/C15H17NO2S/c1-11(17)13-4-2-3-5-14(13)16-15(18)7-6-12-8-9-19-10-12/h2-5,8-11,17H,6-7H2,1H3,(H,16,18)/t11-/m1/s1. The Morgan fingerprint density at radius 1 is 1.37 bits per heavy atom. The van der Waals surface area contributed by atoms with Crippen molar-refractivity contribution in [2.45, 2.75) is 25.9 Å². The number of aliphatic hydroxyl groups excluding tert-OH is 1. The number of aryl methyl sites for hydroxylation is 1. The van der Waals surface area contributed by atoms with Crippen LogP contribution in [0.5, 0.6) is 0 Å². The van der Waals surface area contributed by atoms with Crippen LogP contribution in [0.4, 0.5) is 5.69 Å². The molecule has 4 heteroatoms. The number of amides is 1. The zero-order valence-corrected chi connectivity index (χ0v) is 11.6. The highest BCUT2D eigenvalue weighted by Crippen LogP contribution is 2.22. The van der Waals surface area contributed by atoms with Gasteiger partial charge in [0.1, 0.15) is 0 Å². The van der Waals surface area contributed by atoms with E-state index in [1.165, 1.54) is 5.56 Å². The third kappa shape index (κ3) is 3.91. The zero-order chi connectivity index (χ0) is 13.7. The van der Waals surface area contributed by atoms with Gasteiger partial charge in [-0.3, -0.25) is 4.79 Å². The highest BCUT2D eigenvalue weighted by atomic mass is 32.1. The van der Waals surface area contributed by atoms with E-state index in [0.29, 0.717) is 12.1 Å². The molecule has 0 bridgehead atoms. The summed E-state index contributed by atoms with van der Waals surface area (Å²) >= 11 is 1.64. The molecule has 0 aliphatic carbocycles. The highest BCUT2D eigenvalue weighted by molar-refractivity contribution is 7.07. The van der Waals surface area contributed by atoms with Gasteiger partial charge in [-0.2, -0.15) is 11.3 Å². The van der Waals surface area contributed by atoms with Crippen molar-refractivity contribution in [3.05, 3.63) is 52.2 Å². The van der Waals surface area contributed by atoms with Crippen LogP contribution < -0.4 is 5.32 Å². The Labute approximate surface area is 116 Å². The predicted molar refractivity (Wildman–Crippen MR) is 78.3 cm³/mol. The van der Waals surface area contributed by atoms with Crippen LogP contribution in [0, 0.1) is 0 Å². The van der Waals surface area contributed by atoms with Crippen molar-refractivity contribution in [2.75, 3.05) is 5.32 Å². The molecule has 0 radical (unpaired) electrons. The van der Waals surface area contributed by atoms with Crippen LogP contribution in [0.1, 0.15) is 30.6 Å². The molecule has 1 amide bonds. The second kappa shape index (κ2) is 6.50. The Bertz CT molecular complexity index is 535. The second-order valence-corrected chi connectivity index (χ2v) is 5.22. The number of anilines is 1. The molecule has 0 saturated carbocycles. The van der Waals surface area contributed by atoms with Crippen molar-refractivity contribution in [3.8, 4) is 0 Å². The molecule has 1 heterocycles. The minimum Gasteiger partial charge on any atom is -0.389 e.